The van der Waals surface area contributed by atoms with E-state index < -0.39 is 0 Å². The third-order valence-corrected chi connectivity index (χ3v) is 2.02. The van der Waals surface area contributed by atoms with E-state index in [1.807, 2.05) is 6.61 Å². The maximum absolute atomic E-state index is 5.14. The standard InChI is InChI=1S/C6H10NO/c1-2-8-5-6(1)3-7-4-6/h2,7H,1,3-5H2. The molecule has 0 aromatic rings. The molecule has 2 saturated heterocycles. The molecule has 2 fully saturated rings. The Kier molecular flexibility index (Phi) is 0.866. The molecule has 8 heavy (non-hydrogen) atoms. The minimum Gasteiger partial charge on any atom is -0.375 e. The molecule has 0 amide bonds. The van der Waals surface area contributed by atoms with Gasteiger partial charge in [-0.25, -0.2) is 0 Å². The van der Waals surface area contributed by atoms with Crippen LogP contribution in [0.2, 0.25) is 0 Å². The lowest BCUT2D eigenvalue weighted by molar-refractivity contribution is 0.123. The second-order valence-corrected chi connectivity index (χ2v) is 2.79. The highest BCUT2D eigenvalue weighted by Gasteiger charge is 2.40. The topological polar surface area (TPSA) is 21.3 Å². The van der Waals surface area contributed by atoms with Crippen LogP contribution in [0.5, 0.6) is 0 Å². The smallest absolute Gasteiger partial charge is 0.0844 e. The van der Waals surface area contributed by atoms with Crippen molar-refractivity contribution in [2.24, 2.45) is 5.41 Å². The van der Waals surface area contributed by atoms with Crippen molar-refractivity contribution in [3.05, 3.63) is 6.61 Å². The van der Waals surface area contributed by atoms with Crippen molar-refractivity contribution in [1.82, 2.24) is 5.32 Å². The number of rotatable bonds is 0. The summed E-state index contributed by atoms with van der Waals surface area (Å²) >= 11 is 0. The Morgan fingerprint density at radius 1 is 1.50 bits per heavy atom. The van der Waals surface area contributed by atoms with Crippen LogP contribution < -0.4 is 5.32 Å². The quantitative estimate of drug-likeness (QED) is 0.482. The molecule has 45 valence electrons. The summed E-state index contributed by atoms with van der Waals surface area (Å²) in [5, 5.41) is 3.24. The Bertz CT molecular complexity index is 90.7. The average molecular weight is 112 g/mol. The molecule has 0 aliphatic carbocycles. The largest absolute Gasteiger partial charge is 0.375 e. The predicted octanol–water partition coefficient (Wildman–Crippen LogP) is 0.158. The predicted molar refractivity (Wildman–Crippen MR) is 30.2 cm³/mol. The van der Waals surface area contributed by atoms with Crippen molar-refractivity contribution in [3.63, 3.8) is 0 Å². The lowest BCUT2D eigenvalue weighted by Crippen LogP contribution is -2.53. The summed E-state index contributed by atoms with van der Waals surface area (Å²) in [5.41, 5.74) is 0.528. The first-order valence-corrected chi connectivity index (χ1v) is 3.05. The maximum atomic E-state index is 5.14. The first-order chi connectivity index (χ1) is 3.91. The highest BCUT2D eigenvalue weighted by Crippen LogP contribution is 2.33. The average Bonchev–Trinajstić information content (AvgIpc) is 2.07. The van der Waals surface area contributed by atoms with Gasteiger partial charge >= 0.3 is 0 Å². The molecule has 2 rings (SSSR count). The molecule has 2 heterocycles. The fourth-order valence-corrected chi connectivity index (χ4v) is 1.26. The summed E-state index contributed by atoms with van der Waals surface area (Å²) in [6, 6.07) is 0. The number of ether oxygens (including phenoxy) is 1. The highest BCUT2D eigenvalue weighted by atomic mass is 16.5. The van der Waals surface area contributed by atoms with Crippen molar-refractivity contribution in [2.75, 3.05) is 19.7 Å². The first kappa shape index (κ1) is 4.77. The molecular weight excluding hydrogens is 102 g/mol. The van der Waals surface area contributed by atoms with Crippen LogP contribution in [0, 0.1) is 12.0 Å². The van der Waals surface area contributed by atoms with E-state index in [1.165, 1.54) is 0 Å². The number of hydrogen-bond donors (Lipinski definition) is 1. The fourth-order valence-electron chi connectivity index (χ4n) is 1.26. The summed E-state index contributed by atoms with van der Waals surface area (Å²) in [4.78, 5) is 0. The SMILES string of the molecule is [CH]1CC2(CNC2)CO1. The zero-order valence-electron chi connectivity index (χ0n) is 4.81. The lowest BCUT2D eigenvalue weighted by Gasteiger charge is -2.37. The zero-order valence-corrected chi connectivity index (χ0v) is 4.81. The monoisotopic (exact) mass is 112 g/mol. The molecule has 0 aromatic heterocycles. The Labute approximate surface area is 49.2 Å². The van der Waals surface area contributed by atoms with Crippen molar-refractivity contribution in [3.8, 4) is 0 Å². The van der Waals surface area contributed by atoms with Crippen molar-refractivity contribution < 1.29 is 4.74 Å². The van der Waals surface area contributed by atoms with Crippen LogP contribution in [-0.4, -0.2) is 19.7 Å². The van der Waals surface area contributed by atoms with E-state index in [0.29, 0.717) is 5.41 Å². The van der Waals surface area contributed by atoms with Crippen LogP contribution >= 0.6 is 0 Å². The van der Waals surface area contributed by atoms with Crippen LogP contribution in [0.1, 0.15) is 6.42 Å². The van der Waals surface area contributed by atoms with Gasteiger partial charge in [0.15, 0.2) is 0 Å². The van der Waals surface area contributed by atoms with E-state index in [-0.39, 0.29) is 0 Å². The van der Waals surface area contributed by atoms with Gasteiger partial charge in [-0.05, 0) is 6.42 Å². The Morgan fingerprint density at radius 3 is 2.62 bits per heavy atom. The van der Waals surface area contributed by atoms with Crippen molar-refractivity contribution >= 4 is 0 Å². The molecule has 2 heteroatoms. The minimum absolute atomic E-state index is 0.528. The third kappa shape index (κ3) is 0.501. The summed E-state index contributed by atoms with van der Waals surface area (Å²) in [5.74, 6) is 0. The summed E-state index contributed by atoms with van der Waals surface area (Å²) in [7, 11) is 0. The van der Waals surface area contributed by atoms with Gasteiger partial charge in [0.05, 0.1) is 13.2 Å². The maximum Gasteiger partial charge on any atom is 0.0844 e. The van der Waals surface area contributed by atoms with E-state index in [2.05, 4.69) is 5.32 Å². The van der Waals surface area contributed by atoms with Gasteiger partial charge in [-0.3, -0.25) is 0 Å². The van der Waals surface area contributed by atoms with E-state index in [9.17, 15) is 0 Å². The molecule has 0 unspecified atom stereocenters. The van der Waals surface area contributed by atoms with Crippen LogP contribution in [-0.2, 0) is 4.74 Å². The minimum atomic E-state index is 0.528. The van der Waals surface area contributed by atoms with E-state index >= 15 is 0 Å². The third-order valence-electron chi connectivity index (χ3n) is 2.02. The Hall–Kier alpha value is -0.0800. The second-order valence-electron chi connectivity index (χ2n) is 2.79. The van der Waals surface area contributed by atoms with E-state index in [4.69, 9.17) is 4.74 Å². The second kappa shape index (κ2) is 1.45. The number of nitrogens with one attached hydrogen (secondary N) is 1. The molecular formula is C6H10NO. The molecule has 0 bridgehead atoms. The van der Waals surface area contributed by atoms with Crippen LogP contribution in [0.3, 0.4) is 0 Å². The Morgan fingerprint density at radius 2 is 2.38 bits per heavy atom. The van der Waals surface area contributed by atoms with Gasteiger partial charge in [0.25, 0.3) is 0 Å². The fraction of sp³-hybridized carbons (Fsp3) is 0.833. The molecule has 1 radical (unpaired) electrons. The highest BCUT2D eigenvalue weighted by molar-refractivity contribution is 4.97. The normalized spacial score (nSPS) is 33.0. The van der Waals surface area contributed by atoms with Crippen LogP contribution in [0.25, 0.3) is 0 Å². The van der Waals surface area contributed by atoms with Crippen molar-refractivity contribution in [2.45, 2.75) is 6.42 Å². The molecule has 2 nitrogen and oxygen atoms in total. The summed E-state index contributed by atoms with van der Waals surface area (Å²) in [6.45, 7) is 5.19. The van der Waals surface area contributed by atoms with E-state index in [1.54, 1.807) is 0 Å². The summed E-state index contributed by atoms with van der Waals surface area (Å²) < 4.78 is 5.14. The zero-order chi connectivity index (χ0) is 5.45. The molecule has 2 aliphatic rings. The van der Waals surface area contributed by atoms with Crippen LogP contribution in [0.15, 0.2) is 0 Å². The van der Waals surface area contributed by atoms with Gasteiger partial charge in [-0.1, -0.05) is 0 Å². The molecule has 0 aromatic carbocycles. The van der Waals surface area contributed by atoms with E-state index in [0.717, 1.165) is 26.1 Å². The molecule has 2 aliphatic heterocycles. The van der Waals surface area contributed by atoms with Crippen molar-refractivity contribution in [1.29, 1.82) is 0 Å². The van der Waals surface area contributed by atoms with Gasteiger partial charge in [0.1, 0.15) is 0 Å². The molecule has 0 atom stereocenters. The van der Waals surface area contributed by atoms with Gasteiger partial charge in [-0.2, -0.15) is 0 Å². The summed E-state index contributed by atoms with van der Waals surface area (Å²) in [6.07, 6.45) is 1.15. The van der Waals surface area contributed by atoms with Gasteiger partial charge in [-0.15, -0.1) is 0 Å². The van der Waals surface area contributed by atoms with Crippen LogP contribution in [0.4, 0.5) is 0 Å². The molecule has 1 N–H and O–H groups in total. The van der Waals surface area contributed by atoms with Gasteiger partial charge in [0.2, 0.25) is 0 Å². The number of hydrogen-bond acceptors (Lipinski definition) is 2. The van der Waals surface area contributed by atoms with Gasteiger partial charge in [0, 0.05) is 18.5 Å². The Balaban J connectivity index is 2.01. The molecule has 0 saturated carbocycles. The van der Waals surface area contributed by atoms with Gasteiger partial charge < -0.3 is 10.1 Å². The lowest BCUT2D eigenvalue weighted by atomic mass is 9.81. The molecule has 1 spiro atoms. The first-order valence-electron chi connectivity index (χ1n) is 3.05.